The van der Waals surface area contributed by atoms with Gasteiger partial charge in [-0.15, -0.1) is 0 Å². The molecule has 1 saturated carbocycles. The smallest absolute Gasteiger partial charge is 0.207 e. The first-order chi connectivity index (χ1) is 10.3. The number of hydrogen-bond donors (Lipinski definition) is 1. The average molecular weight is 284 g/mol. The molecule has 1 aromatic carbocycles. The van der Waals surface area contributed by atoms with Gasteiger partial charge in [0.1, 0.15) is 0 Å². The van der Waals surface area contributed by atoms with Crippen molar-refractivity contribution >= 4 is 5.95 Å². The van der Waals surface area contributed by atoms with Gasteiger partial charge in [-0.05, 0) is 32.0 Å². The highest BCUT2D eigenvalue weighted by Gasteiger charge is 2.18. The van der Waals surface area contributed by atoms with Crippen molar-refractivity contribution < 1.29 is 0 Å². The van der Waals surface area contributed by atoms with E-state index in [0.29, 0.717) is 0 Å². The molecule has 0 unspecified atom stereocenters. The van der Waals surface area contributed by atoms with Crippen LogP contribution in [-0.4, -0.2) is 40.6 Å². The Labute approximate surface area is 126 Å². The lowest BCUT2D eigenvalue weighted by Gasteiger charge is -2.24. The minimum atomic E-state index is 0.778. The van der Waals surface area contributed by atoms with Gasteiger partial charge in [0.15, 0.2) is 0 Å². The molecule has 2 aromatic rings. The quantitative estimate of drug-likeness (QED) is 0.884. The molecule has 21 heavy (non-hydrogen) atoms. The Kier molecular flexibility index (Phi) is 4.55. The molecule has 1 aliphatic rings. The number of imidazole rings is 1. The molecule has 1 aliphatic carbocycles. The Morgan fingerprint density at radius 3 is 2.76 bits per heavy atom. The lowest BCUT2D eigenvalue weighted by molar-refractivity contribution is 0.254. The summed E-state index contributed by atoms with van der Waals surface area (Å²) in [6, 6.07) is 11.1. The number of hydrogen-bond acceptors (Lipinski definition) is 3. The first-order valence-corrected chi connectivity index (χ1v) is 7.87. The van der Waals surface area contributed by atoms with Crippen LogP contribution < -0.4 is 5.32 Å². The number of anilines is 1. The second-order valence-electron chi connectivity index (χ2n) is 5.80. The van der Waals surface area contributed by atoms with E-state index in [4.69, 9.17) is 0 Å². The van der Waals surface area contributed by atoms with Gasteiger partial charge in [0, 0.05) is 37.2 Å². The van der Waals surface area contributed by atoms with E-state index < -0.39 is 0 Å². The van der Waals surface area contributed by atoms with E-state index in [0.717, 1.165) is 30.8 Å². The van der Waals surface area contributed by atoms with Gasteiger partial charge in [-0.2, -0.15) is 0 Å². The molecule has 0 saturated heterocycles. The first-order valence-electron chi connectivity index (χ1n) is 7.87. The van der Waals surface area contributed by atoms with Crippen LogP contribution in [0.5, 0.6) is 0 Å². The molecular weight excluding hydrogens is 260 g/mol. The summed E-state index contributed by atoms with van der Waals surface area (Å²) >= 11 is 0. The van der Waals surface area contributed by atoms with Crippen molar-refractivity contribution in [2.24, 2.45) is 0 Å². The Bertz CT molecular complexity index is 543. The molecule has 0 spiro atoms. The number of benzene rings is 1. The third-order valence-corrected chi connectivity index (χ3v) is 4.37. The Balaban J connectivity index is 1.55. The molecule has 1 heterocycles. The van der Waals surface area contributed by atoms with Gasteiger partial charge in [-0.3, -0.25) is 4.57 Å². The molecule has 4 heteroatoms. The van der Waals surface area contributed by atoms with Crippen LogP contribution in [0.2, 0.25) is 0 Å². The van der Waals surface area contributed by atoms with Crippen molar-refractivity contribution in [2.45, 2.75) is 31.7 Å². The van der Waals surface area contributed by atoms with Crippen molar-refractivity contribution in [3.63, 3.8) is 0 Å². The van der Waals surface area contributed by atoms with Gasteiger partial charge in [-0.25, -0.2) is 4.98 Å². The number of para-hydroxylation sites is 1. The summed E-state index contributed by atoms with van der Waals surface area (Å²) in [5.74, 6) is 0.918. The highest BCUT2D eigenvalue weighted by atomic mass is 15.2. The molecule has 0 radical (unpaired) electrons. The molecule has 0 bridgehead atoms. The van der Waals surface area contributed by atoms with Crippen molar-refractivity contribution in [2.75, 3.05) is 25.5 Å². The molecule has 0 aliphatic heterocycles. The summed E-state index contributed by atoms with van der Waals surface area (Å²) < 4.78 is 2.09. The number of likely N-dealkylation sites (N-methyl/N-ethyl adjacent to an activating group) is 1. The van der Waals surface area contributed by atoms with Gasteiger partial charge >= 0.3 is 0 Å². The van der Waals surface area contributed by atoms with Crippen molar-refractivity contribution in [1.29, 1.82) is 0 Å². The molecule has 0 amide bonds. The number of rotatable bonds is 6. The fraction of sp³-hybridized carbons (Fsp3) is 0.471. The van der Waals surface area contributed by atoms with Crippen LogP contribution >= 0.6 is 0 Å². The van der Waals surface area contributed by atoms with Gasteiger partial charge < -0.3 is 10.2 Å². The fourth-order valence-electron chi connectivity index (χ4n) is 3.10. The van der Waals surface area contributed by atoms with E-state index in [2.05, 4.69) is 38.9 Å². The van der Waals surface area contributed by atoms with Crippen LogP contribution in [0.4, 0.5) is 5.95 Å². The van der Waals surface area contributed by atoms with Gasteiger partial charge in [0.05, 0.1) is 0 Å². The highest BCUT2D eigenvalue weighted by Crippen LogP contribution is 2.22. The standard InChI is InChI=1S/C17H24N4/c1-20(15-7-5-6-8-15)13-11-18-17-19-12-14-21(17)16-9-3-2-4-10-16/h2-4,9-10,12,14-15H,5-8,11,13H2,1H3,(H,18,19). The molecule has 3 rings (SSSR count). The third-order valence-electron chi connectivity index (χ3n) is 4.37. The van der Waals surface area contributed by atoms with E-state index in [1.807, 2.05) is 30.6 Å². The summed E-state index contributed by atoms with van der Waals surface area (Å²) in [4.78, 5) is 6.90. The van der Waals surface area contributed by atoms with E-state index in [1.54, 1.807) is 0 Å². The molecule has 1 fully saturated rings. The second kappa shape index (κ2) is 6.76. The summed E-state index contributed by atoms with van der Waals surface area (Å²) in [5, 5.41) is 3.46. The van der Waals surface area contributed by atoms with Crippen molar-refractivity contribution in [1.82, 2.24) is 14.5 Å². The van der Waals surface area contributed by atoms with Crippen molar-refractivity contribution in [3.8, 4) is 5.69 Å². The Morgan fingerprint density at radius 2 is 2.00 bits per heavy atom. The lowest BCUT2D eigenvalue weighted by atomic mass is 10.2. The van der Waals surface area contributed by atoms with Crippen LogP contribution in [0.15, 0.2) is 42.7 Å². The Morgan fingerprint density at radius 1 is 1.24 bits per heavy atom. The van der Waals surface area contributed by atoms with Gasteiger partial charge in [0.25, 0.3) is 0 Å². The van der Waals surface area contributed by atoms with Gasteiger partial charge in [-0.1, -0.05) is 31.0 Å². The summed E-state index contributed by atoms with van der Waals surface area (Å²) in [6.07, 6.45) is 9.33. The maximum atomic E-state index is 4.42. The number of nitrogens with one attached hydrogen (secondary N) is 1. The van der Waals surface area contributed by atoms with E-state index in [1.165, 1.54) is 25.7 Å². The zero-order valence-electron chi connectivity index (χ0n) is 12.7. The maximum absolute atomic E-state index is 4.42. The predicted octanol–water partition coefficient (Wildman–Crippen LogP) is 3.16. The Hall–Kier alpha value is -1.81. The highest BCUT2D eigenvalue weighted by molar-refractivity contribution is 5.41. The molecule has 112 valence electrons. The minimum Gasteiger partial charge on any atom is -0.354 e. The second-order valence-corrected chi connectivity index (χ2v) is 5.80. The number of nitrogens with zero attached hydrogens (tertiary/aromatic N) is 3. The maximum Gasteiger partial charge on any atom is 0.207 e. The molecular formula is C17H24N4. The predicted molar refractivity (Wildman–Crippen MR) is 86.9 cm³/mol. The SMILES string of the molecule is CN(CCNc1nccn1-c1ccccc1)C1CCCC1. The fourth-order valence-corrected chi connectivity index (χ4v) is 3.10. The van der Waals surface area contributed by atoms with E-state index >= 15 is 0 Å². The summed E-state index contributed by atoms with van der Waals surface area (Å²) in [5.41, 5.74) is 1.14. The van der Waals surface area contributed by atoms with Gasteiger partial charge in [0.2, 0.25) is 5.95 Å². The minimum absolute atomic E-state index is 0.778. The lowest BCUT2D eigenvalue weighted by Crippen LogP contribution is -2.33. The van der Waals surface area contributed by atoms with Crippen molar-refractivity contribution in [3.05, 3.63) is 42.7 Å². The summed E-state index contributed by atoms with van der Waals surface area (Å²) in [7, 11) is 2.24. The van der Waals surface area contributed by atoms with E-state index in [-0.39, 0.29) is 0 Å². The average Bonchev–Trinajstić information content (AvgIpc) is 3.20. The molecule has 1 N–H and O–H groups in total. The van der Waals surface area contributed by atoms with Crippen LogP contribution in [-0.2, 0) is 0 Å². The summed E-state index contributed by atoms with van der Waals surface area (Å²) in [6.45, 7) is 1.99. The van der Waals surface area contributed by atoms with Crippen LogP contribution in [0, 0.1) is 0 Å². The van der Waals surface area contributed by atoms with Crippen LogP contribution in [0.25, 0.3) is 5.69 Å². The third kappa shape index (κ3) is 3.45. The molecule has 4 nitrogen and oxygen atoms in total. The molecule has 0 atom stereocenters. The molecule has 1 aromatic heterocycles. The monoisotopic (exact) mass is 284 g/mol. The number of aromatic nitrogens is 2. The van der Waals surface area contributed by atoms with Crippen LogP contribution in [0.3, 0.4) is 0 Å². The normalized spacial score (nSPS) is 15.7. The zero-order valence-corrected chi connectivity index (χ0v) is 12.7. The zero-order chi connectivity index (χ0) is 14.5. The van der Waals surface area contributed by atoms with Crippen LogP contribution in [0.1, 0.15) is 25.7 Å². The van der Waals surface area contributed by atoms with E-state index in [9.17, 15) is 0 Å². The first kappa shape index (κ1) is 14.1. The largest absolute Gasteiger partial charge is 0.354 e. The topological polar surface area (TPSA) is 33.1 Å².